The summed E-state index contributed by atoms with van der Waals surface area (Å²) in [6, 6.07) is 11.4. The Labute approximate surface area is 116 Å². The Morgan fingerprint density at radius 2 is 2.05 bits per heavy atom. The molecule has 0 aromatic heterocycles. The van der Waals surface area contributed by atoms with Crippen LogP contribution in [0.5, 0.6) is 5.75 Å². The molecule has 3 heteroatoms. The molecule has 0 unspecified atom stereocenters. The normalized spacial score (nSPS) is 9.95. The van der Waals surface area contributed by atoms with Crippen LogP contribution < -0.4 is 0 Å². The number of thioether (sulfide) groups is 1. The van der Waals surface area contributed by atoms with Gasteiger partial charge in [-0.3, -0.25) is 4.79 Å². The fourth-order valence-electron chi connectivity index (χ4n) is 1.76. The smallest absolute Gasteiger partial charge is 0.185 e. The summed E-state index contributed by atoms with van der Waals surface area (Å²) < 4.78 is 0. The van der Waals surface area contributed by atoms with Crippen LogP contribution in [0.4, 0.5) is 0 Å². The molecule has 2 aromatic rings. The third kappa shape index (κ3) is 3.52. The van der Waals surface area contributed by atoms with Crippen LogP contribution in [0.1, 0.15) is 18.9 Å². The van der Waals surface area contributed by atoms with Crippen molar-refractivity contribution < 1.29 is 9.90 Å². The average Bonchev–Trinajstić information content (AvgIpc) is 2.41. The summed E-state index contributed by atoms with van der Waals surface area (Å²) in [5.41, 5.74) is 0.631. The minimum Gasteiger partial charge on any atom is -0.506 e. The molecule has 1 N–H and O–H groups in total. The van der Waals surface area contributed by atoms with Crippen LogP contribution in [0.2, 0.25) is 0 Å². The zero-order valence-corrected chi connectivity index (χ0v) is 11.5. The molecule has 0 atom stereocenters. The first kappa shape index (κ1) is 13.5. The predicted octanol–water partition coefficient (Wildman–Crippen LogP) is 3.57. The van der Waals surface area contributed by atoms with Crippen LogP contribution >= 0.6 is 11.8 Å². The van der Waals surface area contributed by atoms with Gasteiger partial charge in [0.2, 0.25) is 0 Å². The number of benzene rings is 2. The van der Waals surface area contributed by atoms with Crippen molar-refractivity contribution in [2.24, 2.45) is 0 Å². The third-order valence-electron chi connectivity index (χ3n) is 2.66. The zero-order chi connectivity index (χ0) is 13.7. The first-order valence-corrected chi connectivity index (χ1v) is 7.00. The maximum absolute atomic E-state index is 10.8. The molecule has 0 saturated heterocycles. The van der Waals surface area contributed by atoms with E-state index in [2.05, 4.69) is 11.8 Å². The number of carbonyl (C=O) groups excluding carboxylic acids is 1. The van der Waals surface area contributed by atoms with Crippen molar-refractivity contribution in [3.8, 4) is 17.6 Å². The molecule has 96 valence electrons. The van der Waals surface area contributed by atoms with Crippen molar-refractivity contribution in [1.82, 2.24) is 0 Å². The van der Waals surface area contributed by atoms with Gasteiger partial charge in [0.05, 0.1) is 5.56 Å². The lowest BCUT2D eigenvalue weighted by molar-refractivity contribution is -0.109. The molecule has 0 aliphatic rings. The van der Waals surface area contributed by atoms with E-state index in [0.717, 1.165) is 10.8 Å². The van der Waals surface area contributed by atoms with E-state index in [0.29, 0.717) is 17.7 Å². The summed E-state index contributed by atoms with van der Waals surface area (Å²) in [4.78, 5) is 10.8. The monoisotopic (exact) mass is 270 g/mol. The summed E-state index contributed by atoms with van der Waals surface area (Å²) in [5.74, 6) is 6.85. The van der Waals surface area contributed by atoms with E-state index >= 15 is 0 Å². The van der Waals surface area contributed by atoms with Crippen LogP contribution in [0.15, 0.2) is 36.4 Å². The van der Waals surface area contributed by atoms with Gasteiger partial charge in [-0.05, 0) is 11.5 Å². The van der Waals surface area contributed by atoms with E-state index in [9.17, 15) is 9.90 Å². The fourth-order valence-corrected chi connectivity index (χ4v) is 2.25. The number of carbonyl (C=O) groups is 1. The molecule has 0 heterocycles. The second-order valence-electron chi connectivity index (χ2n) is 4.07. The molecule has 0 bridgehead atoms. The van der Waals surface area contributed by atoms with Crippen molar-refractivity contribution >= 4 is 27.6 Å². The van der Waals surface area contributed by atoms with E-state index in [4.69, 9.17) is 0 Å². The van der Waals surface area contributed by atoms with Crippen LogP contribution in [0, 0.1) is 11.8 Å². The van der Waals surface area contributed by atoms with Gasteiger partial charge in [-0.25, -0.2) is 0 Å². The maximum Gasteiger partial charge on any atom is 0.185 e. The van der Waals surface area contributed by atoms with E-state index in [-0.39, 0.29) is 10.9 Å². The number of hydrogen-bond acceptors (Lipinski definition) is 3. The van der Waals surface area contributed by atoms with Crippen molar-refractivity contribution in [2.75, 3.05) is 5.75 Å². The molecular weight excluding hydrogens is 256 g/mol. The topological polar surface area (TPSA) is 37.3 Å². The summed E-state index contributed by atoms with van der Waals surface area (Å²) >= 11 is 1.27. The van der Waals surface area contributed by atoms with E-state index < -0.39 is 0 Å². The lowest BCUT2D eigenvalue weighted by Crippen LogP contribution is -1.84. The lowest BCUT2D eigenvalue weighted by Gasteiger charge is -2.02. The molecule has 2 aromatic carbocycles. The minimum absolute atomic E-state index is 0.107. The molecule has 0 saturated carbocycles. The van der Waals surface area contributed by atoms with Crippen molar-refractivity contribution in [1.29, 1.82) is 0 Å². The lowest BCUT2D eigenvalue weighted by atomic mass is 10.1. The first-order chi connectivity index (χ1) is 9.18. The molecular formula is C16H14O2S. The number of phenols is 1. The van der Waals surface area contributed by atoms with E-state index in [1.807, 2.05) is 36.4 Å². The highest BCUT2D eigenvalue weighted by Crippen LogP contribution is 2.27. The Morgan fingerprint density at radius 3 is 2.84 bits per heavy atom. The molecule has 0 fully saturated rings. The molecule has 0 amide bonds. The number of fused-ring (bicyclic) bond motifs is 1. The van der Waals surface area contributed by atoms with Gasteiger partial charge in [-0.2, -0.15) is 0 Å². The van der Waals surface area contributed by atoms with Gasteiger partial charge in [0.1, 0.15) is 5.75 Å². The van der Waals surface area contributed by atoms with Gasteiger partial charge >= 0.3 is 0 Å². The van der Waals surface area contributed by atoms with Gasteiger partial charge in [0.15, 0.2) is 5.12 Å². The quantitative estimate of drug-likeness (QED) is 0.669. The predicted molar refractivity (Wildman–Crippen MR) is 80.2 cm³/mol. The molecule has 0 radical (unpaired) electrons. The molecule has 2 rings (SSSR count). The Morgan fingerprint density at radius 1 is 1.26 bits per heavy atom. The molecule has 0 spiro atoms. The fraction of sp³-hybridized carbons (Fsp3) is 0.188. The maximum atomic E-state index is 10.8. The molecule has 19 heavy (non-hydrogen) atoms. The highest BCUT2D eigenvalue weighted by atomic mass is 32.2. The minimum atomic E-state index is 0.107. The summed E-state index contributed by atoms with van der Waals surface area (Å²) in [7, 11) is 0. The van der Waals surface area contributed by atoms with E-state index in [1.165, 1.54) is 11.8 Å². The Kier molecular flexibility index (Phi) is 4.48. The molecule has 0 aliphatic heterocycles. The SMILES string of the molecule is CC(=O)SCCC#Cc1ccc2ccccc2c1O. The molecule has 2 nitrogen and oxygen atoms in total. The van der Waals surface area contributed by atoms with E-state index in [1.54, 1.807) is 6.92 Å². The summed E-state index contributed by atoms with van der Waals surface area (Å²) in [6.45, 7) is 1.55. The Hall–Kier alpha value is -1.92. The van der Waals surface area contributed by atoms with Crippen LogP contribution in [-0.2, 0) is 4.79 Å². The third-order valence-corrected chi connectivity index (χ3v) is 3.47. The van der Waals surface area contributed by atoms with Crippen LogP contribution in [-0.4, -0.2) is 16.0 Å². The number of rotatable bonds is 2. The van der Waals surface area contributed by atoms with Crippen molar-refractivity contribution in [3.63, 3.8) is 0 Å². The van der Waals surface area contributed by atoms with Crippen LogP contribution in [0.3, 0.4) is 0 Å². The number of phenolic OH excluding ortho intramolecular Hbond substituents is 1. The first-order valence-electron chi connectivity index (χ1n) is 6.01. The standard InChI is InChI=1S/C16H14O2S/c1-12(17)19-11-5-4-7-14-10-9-13-6-2-3-8-15(13)16(14)18/h2-3,6,8-10,18H,5,11H2,1H3. The Bertz CT molecular complexity index is 665. The summed E-state index contributed by atoms with van der Waals surface area (Å²) in [6.07, 6.45) is 0.635. The zero-order valence-electron chi connectivity index (χ0n) is 10.6. The van der Waals surface area contributed by atoms with Gasteiger partial charge < -0.3 is 5.11 Å². The molecule has 0 aliphatic carbocycles. The number of aromatic hydroxyl groups is 1. The second-order valence-corrected chi connectivity index (χ2v) is 5.35. The second kappa shape index (κ2) is 6.31. The Balaban J connectivity index is 2.15. The largest absolute Gasteiger partial charge is 0.506 e. The highest BCUT2D eigenvalue weighted by molar-refractivity contribution is 8.13. The van der Waals surface area contributed by atoms with Gasteiger partial charge in [0.25, 0.3) is 0 Å². The average molecular weight is 270 g/mol. The highest BCUT2D eigenvalue weighted by Gasteiger charge is 2.03. The summed E-state index contributed by atoms with van der Waals surface area (Å²) in [5, 5.41) is 12.0. The number of hydrogen-bond donors (Lipinski definition) is 1. The van der Waals surface area contributed by atoms with Gasteiger partial charge in [-0.1, -0.05) is 53.9 Å². The van der Waals surface area contributed by atoms with Crippen molar-refractivity contribution in [2.45, 2.75) is 13.3 Å². The van der Waals surface area contributed by atoms with Crippen LogP contribution in [0.25, 0.3) is 10.8 Å². The van der Waals surface area contributed by atoms with Crippen molar-refractivity contribution in [3.05, 3.63) is 42.0 Å². The van der Waals surface area contributed by atoms with Gasteiger partial charge in [-0.15, -0.1) is 0 Å². The van der Waals surface area contributed by atoms with Gasteiger partial charge in [0, 0.05) is 24.5 Å².